The van der Waals surface area contributed by atoms with Crippen LogP contribution >= 0.6 is 0 Å². The van der Waals surface area contributed by atoms with E-state index in [2.05, 4.69) is 4.98 Å². The average molecular weight is 235 g/mol. The molecule has 4 heteroatoms. The largest absolute Gasteiger partial charge is 0.379 e. The standard InChI is InChI=1S/C13H21N3O/c1-9(2)16-11-8-6-4-3-5-7-10(11)15-12(14)13(16)17/h9H,3-8H2,1-2H3,(H2,14,15). The van der Waals surface area contributed by atoms with E-state index in [-0.39, 0.29) is 17.4 Å². The van der Waals surface area contributed by atoms with Crippen LogP contribution in [0.25, 0.3) is 0 Å². The average Bonchev–Trinajstić information content (AvgIpc) is 2.24. The van der Waals surface area contributed by atoms with Crippen molar-refractivity contribution in [1.82, 2.24) is 9.55 Å². The minimum atomic E-state index is -0.126. The third kappa shape index (κ3) is 2.35. The van der Waals surface area contributed by atoms with E-state index in [0.717, 1.165) is 37.1 Å². The number of nitrogens with zero attached hydrogens (tertiary/aromatic N) is 2. The molecule has 2 N–H and O–H groups in total. The van der Waals surface area contributed by atoms with Crippen LogP contribution < -0.4 is 11.3 Å². The monoisotopic (exact) mass is 235 g/mol. The molecule has 94 valence electrons. The van der Waals surface area contributed by atoms with Gasteiger partial charge < -0.3 is 10.3 Å². The number of nitrogens with two attached hydrogens (primary N) is 1. The van der Waals surface area contributed by atoms with E-state index in [1.807, 2.05) is 18.4 Å². The molecule has 2 rings (SSSR count). The van der Waals surface area contributed by atoms with Gasteiger partial charge in [-0.15, -0.1) is 0 Å². The highest BCUT2D eigenvalue weighted by Gasteiger charge is 2.17. The summed E-state index contributed by atoms with van der Waals surface area (Å²) in [6.07, 6.45) is 6.70. The van der Waals surface area contributed by atoms with Crippen LogP contribution in [0.15, 0.2) is 4.79 Å². The maximum Gasteiger partial charge on any atom is 0.293 e. The minimum Gasteiger partial charge on any atom is -0.379 e. The van der Waals surface area contributed by atoms with Crippen LogP contribution in [0.1, 0.15) is 57.0 Å². The Balaban J connectivity index is 2.59. The number of rotatable bonds is 1. The molecule has 4 nitrogen and oxygen atoms in total. The topological polar surface area (TPSA) is 60.9 Å². The van der Waals surface area contributed by atoms with Crippen molar-refractivity contribution in [3.63, 3.8) is 0 Å². The second-order valence-corrected chi connectivity index (χ2v) is 5.07. The molecular weight excluding hydrogens is 214 g/mol. The van der Waals surface area contributed by atoms with Gasteiger partial charge in [0.1, 0.15) is 0 Å². The van der Waals surface area contributed by atoms with Gasteiger partial charge in [-0.1, -0.05) is 12.8 Å². The summed E-state index contributed by atoms with van der Waals surface area (Å²) in [6, 6.07) is 0.154. The summed E-state index contributed by atoms with van der Waals surface area (Å²) >= 11 is 0. The molecule has 0 saturated heterocycles. The summed E-state index contributed by atoms with van der Waals surface area (Å²) in [7, 11) is 0. The van der Waals surface area contributed by atoms with Gasteiger partial charge in [0.05, 0.1) is 5.69 Å². The Morgan fingerprint density at radius 3 is 2.47 bits per heavy atom. The van der Waals surface area contributed by atoms with Crippen molar-refractivity contribution in [2.75, 3.05) is 5.73 Å². The molecule has 17 heavy (non-hydrogen) atoms. The molecular formula is C13H21N3O. The molecule has 1 heterocycles. The van der Waals surface area contributed by atoms with Crippen LogP contribution in [0.5, 0.6) is 0 Å². The first-order valence-corrected chi connectivity index (χ1v) is 6.51. The predicted octanol–water partition coefficient (Wildman–Crippen LogP) is 2.07. The fraction of sp³-hybridized carbons (Fsp3) is 0.692. The van der Waals surface area contributed by atoms with Gasteiger partial charge in [-0.2, -0.15) is 0 Å². The van der Waals surface area contributed by atoms with Gasteiger partial charge >= 0.3 is 0 Å². The molecule has 0 aromatic carbocycles. The third-order valence-corrected chi connectivity index (χ3v) is 3.41. The van der Waals surface area contributed by atoms with Crippen LogP contribution in [0.3, 0.4) is 0 Å². The zero-order chi connectivity index (χ0) is 12.4. The summed E-state index contributed by atoms with van der Waals surface area (Å²) in [6.45, 7) is 4.06. The maximum atomic E-state index is 12.1. The lowest BCUT2D eigenvalue weighted by Crippen LogP contribution is -2.31. The Labute approximate surface area is 102 Å². The van der Waals surface area contributed by atoms with Crippen LogP contribution in [-0.2, 0) is 12.8 Å². The van der Waals surface area contributed by atoms with Crippen LogP contribution in [0.2, 0.25) is 0 Å². The van der Waals surface area contributed by atoms with Gasteiger partial charge in [-0.05, 0) is 39.5 Å². The predicted molar refractivity (Wildman–Crippen MR) is 69.2 cm³/mol. The van der Waals surface area contributed by atoms with Crippen molar-refractivity contribution in [2.45, 2.75) is 58.4 Å². The van der Waals surface area contributed by atoms with Crippen LogP contribution in [-0.4, -0.2) is 9.55 Å². The molecule has 1 aromatic rings. The van der Waals surface area contributed by atoms with E-state index < -0.39 is 0 Å². The Morgan fingerprint density at radius 1 is 1.18 bits per heavy atom. The first kappa shape index (κ1) is 12.1. The zero-order valence-electron chi connectivity index (χ0n) is 10.7. The molecule has 0 saturated carbocycles. The zero-order valence-corrected chi connectivity index (χ0v) is 10.7. The normalized spacial score (nSPS) is 16.4. The molecule has 0 bridgehead atoms. The summed E-state index contributed by atoms with van der Waals surface area (Å²) < 4.78 is 1.84. The van der Waals surface area contributed by atoms with Crippen LogP contribution in [0, 0.1) is 0 Å². The number of aromatic nitrogens is 2. The van der Waals surface area contributed by atoms with Gasteiger partial charge in [0, 0.05) is 11.7 Å². The number of anilines is 1. The van der Waals surface area contributed by atoms with Gasteiger partial charge in [0.25, 0.3) is 5.56 Å². The fourth-order valence-corrected chi connectivity index (χ4v) is 2.59. The number of nitrogen functional groups attached to an aromatic ring is 1. The van der Waals surface area contributed by atoms with Gasteiger partial charge in [0.2, 0.25) is 0 Å². The van der Waals surface area contributed by atoms with E-state index >= 15 is 0 Å². The summed E-state index contributed by atoms with van der Waals surface area (Å²) in [4.78, 5) is 16.4. The first-order valence-electron chi connectivity index (χ1n) is 6.51. The molecule has 0 aliphatic heterocycles. The van der Waals surface area contributed by atoms with Gasteiger partial charge in [0.15, 0.2) is 5.82 Å². The van der Waals surface area contributed by atoms with E-state index in [4.69, 9.17) is 5.73 Å². The van der Waals surface area contributed by atoms with Crippen molar-refractivity contribution in [3.05, 3.63) is 21.7 Å². The molecule has 0 spiro atoms. The van der Waals surface area contributed by atoms with Crippen LogP contribution in [0.4, 0.5) is 5.82 Å². The molecule has 0 fully saturated rings. The lowest BCUT2D eigenvalue weighted by molar-refractivity contribution is 0.509. The highest BCUT2D eigenvalue weighted by molar-refractivity contribution is 5.30. The lowest BCUT2D eigenvalue weighted by atomic mass is 10.00. The molecule has 1 aromatic heterocycles. The van der Waals surface area contributed by atoms with Gasteiger partial charge in [-0.25, -0.2) is 4.98 Å². The number of aryl methyl sites for hydroxylation is 1. The molecule has 0 amide bonds. The second-order valence-electron chi connectivity index (χ2n) is 5.07. The summed E-state index contributed by atoms with van der Waals surface area (Å²) in [5.74, 6) is 0.151. The first-order chi connectivity index (χ1) is 8.11. The quantitative estimate of drug-likeness (QED) is 0.810. The second kappa shape index (κ2) is 4.90. The summed E-state index contributed by atoms with van der Waals surface area (Å²) in [5.41, 5.74) is 7.75. The Morgan fingerprint density at radius 2 is 1.82 bits per heavy atom. The minimum absolute atomic E-state index is 0.126. The SMILES string of the molecule is CC(C)n1c2c(nc(N)c1=O)CCCCCC2. The molecule has 0 unspecified atom stereocenters. The van der Waals surface area contributed by atoms with Crippen molar-refractivity contribution >= 4 is 5.82 Å². The number of hydrogen-bond acceptors (Lipinski definition) is 3. The van der Waals surface area contributed by atoms with Gasteiger partial charge in [-0.3, -0.25) is 4.79 Å². The van der Waals surface area contributed by atoms with E-state index in [9.17, 15) is 4.79 Å². The van der Waals surface area contributed by atoms with E-state index in [1.54, 1.807) is 0 Å². The highest BCUT2D eigenvalue weighted by atomic mass is 16.1. The molecule has 1 aliphatic rings. The Bertz CT molecular complexity index is 462. The fourth-order valence-electron chi connectivity index (χ4n) is 2.59. The lowest BCUT2D eigenvalue weighted by Gasteiger charge is -2.21. The Kier molecular flexibility index (Phi) is 3.50. The van der Waals surface area contributed by atoms with Crippen molar-refractivity contribution in [1.29, 1.82) is 0 Å². The third-order valence-electron chi connectivity index (χ3n) is 3.41. The van der Waals surface area contributed by atoms with Crippen molar-refractivity contribution < 1.29 is 0 Å². The molecule has 1 aliphatic carbocycles. The number of hydrogen-bond donors (Lipinski definition) is 1. The maximum absolute atomic E-state index is 12.1. The Hall–Kier alpha value is -1.32. The van der Waals surface area contributed by atoms with E-state index in [0.29, 0.717) is 0 Å². The van der Waals surface area contributed by atoms with Crippen molar-refractivity contribution in [3.8, 4) is 0 Å². The number of fused-ring (bicyclic) bond motifs is 1. The smallest absolute Gasteiger partial charge is 0.293 e. The highest BCUT2D eigenvalue weighted by Crippen LogP contribution is 2.20. The van der Waals surface area contributed by atoms with E-state index in [1.165, 1.54) is 12.8 Å². The van der Waals surface area contributed by atoms with Crippen molar-refractivity contribution in [2.24, 2.45) is 0 Å². The molecule has 0 radical (unpaired) electrons. The summed E-state index contributed by atoms with van der Waals surface area (Å²) in [5, 5.41) is 0. The molecule has 0 atom stereocenters.